The molecule has 17 heteroatoms. The third-order valence-corrected chi connectivity index (χ3v) is 7.74. The second-order valence-electron chi connectivity index (χ2n) is 6.85. The van der Waals surface area contributed by atoms with Gasteiger partial charge in [-0.15, -0.1) is 0 Å². The average Bonchev–Trinajstić information content (AvgIpc) is 3.31. The number of primary sulfonamides is 1. The number of aryl methyl sites for hydroxylation is 1. The van der Waals surface area contributed by atoms with E-state index in [-0.39, 0.29) is 36.3 Å². The number of benzene rings is 1. The van der Waals surface area contributed by atoms with Crippen molar-refractivity contribution in [2.75, 3.05) is 5.32 Å². The number of alkyl halides is 3. The molecule has 0 aliphatic carbocycles. The van der Waals surface area contributed by atoms with Gasteiger partial charge in [-0.2, -0.15) is 18.3 Å². The lowest BCUT2D eigenvalue weighted by Crippen LogP contribution is -2.17. The van der Waals surface area contributed by atoms with Crippen LogP contribution in [-0.2, 0) is 16.2 Å². The SMILES string of the molecule is Cc1nc(NC(=O)Oc2cnn3c(C(F)(F)F)cc(-c4ccc(Cl)c(Cl)c4)nc23)sc1S(N)(=O)=O. The molecule has 0 fully saturated rings. The smallest absolute Gasteiger partial charge is 0.404 e. The molecule has 0 unspecified atom stereocenters. The Morgan fingerprint density at radius 2 is 1.91 bits per heavy atom. The number of nitrogens with zero attached hydrogens (tertiary/aromatic N) is 4. The molecule has 3 N–H and O–H groups in total. The first-order valence-electron chi connectivity index (χ1n) is 9.14. The maximum atomic E-state index is 13.7. The highest BCUT2D eigenvalue weighted by atomic mass is 35.5. The molecular weight excluding hydrogens is 556 g/mol. The predicted molar refractivity (Wildman–Crippen MR) is 121 cm³/mol. The van der Waals surface area contributed by atoms with Gasteiger partial charge in [0.15, 0.2) is 26.4 Å². The first kappa shape index (κ1) is 25.1. The molecule has 0 saturated heterocycles. The number of carbonyl (C=O) groups excluding carboxylic acids is 1. The number of amides is 1. The lowest BCUT2D eigenvalue weighted by molar-refractivity contribution is -0.142. The van der Waals surface area contributed by atoms with Crippen LogP contribution in [0.25, 0.3) is 16.9 Å². The second kappa shape index (κ2) is 8.91. The number of sulfonamides is 1. The van der Waals surface area contributed by atoms with E-state index in [1.54, 1.807) is 0 Å². The summed E-state index contributed by atoms with van der Waals surface area (Å²) in [7, 11) is -4.07. The Hall–Kier alpha value is -2.98. The molecule has 0 saturated carbocycles. The Balaban J connectivity index is 1.72. The van der Waals surface area contributed by atoms with Gasteiger partial charge in [0.05, 0.1) is 27.6 Å². The fraction of sp³-hybridized carbons (Fsp3) is 0.111. The number of rotatable bonds is 4. The van der Waals surface area contributed by atoms with Crippen molar-refractivity contribution in [3.05, 3.63) is 51.9 Å². The van der Waals surface area contributed by atoms with E-state index < -0.39 is 39.4 Å². The van der Waals surface area contributed by atoms with Crippen molar-refractivity contribution in [3.63, 3.8) is 0 Å². The van der Waals surface area contributed by atoms with E-state index in [1.165, 1.54) is 25.1 Å². The van der Waals surface area contributed by atoms with Crippen LogP contribution in [0.15, 0.2) is 34.7 Å². The largest absolute Gasteiger partial charge is 0.433 e. The highest BCUT2D eigenvalue weighted by Crippen LogP contribution is 2.35. The number of aromatic nitrogens is 4. The fourth-order valence-corrected chi connectivity index (χ4v) is 5.08. The van der Waals surface area contributed by atoms with E-state index in [9.17, 15) is 26.4 Å². The number of nitrogens with two attached hydrogens (primary N) is 1. The van der Waals surface area contributed by atoms with E-state index in [2.05, 4.69) is 20.4 Å². The van der Waals surface area contributed by atoms with Crippen LogP contribution < -0.4 is 15.2 Å². The first-order valence-corrected chi connectivity index (χ1v) is 12.3. The number of fused-ring (bicyclic) bond motifs is 1. The maximum absolute atomic E-state index is 13.7. The Bertz CT molecular complexity index is 1590. The summed E-state index contributed by atoms with van der Waals surface area (Å²) in [6.45, 7) is 1.37. The maximum Gasteiger partial charge on any atom is 0.433 e. The summed E-state index contributed by atoms with van der Waals surface area (Å²) in [5.41, 5.74) is -1.48. The normalized spacial score (nSPS) is 12.2. The first-order chi connectivity index (χ1) is 16.2. The van der Waals surface area contributed by atoms with Crippen LogP contribution in [0.1, 0.15) is 11.4 Å². The summed E-state index contributed by atoms with van der Waals surface area (Å²) in [5, 5.41) is 11.0. The minimum atomic E-state index is -4.83. The lowest BCUT2D eigenvalue weighted by Gasteiger charge is -2.12. The standard InChI is InChI=1S/C18H11Cl2F3N6O4S2/c1-7-15(35(24,31)32)34-16(26-7)28-17(30)33-12-6-25-29-13(18(21,22)23)5-11(27-14(12)29)8-2-3-9(19)10(20)4-8/h2-6H,1H3,(H2,24,31,32)(H,26,28,30). The zero-order chi connectivity index (χ0) is 25.7. The molecule has 4 rings (SSSR count). The molecule has 0 spiro atoms. The van der Waals surface area contributed by atoms with Gasteiger partial charge in [0.1, 0.15) is 0 Å². The Morgan fingerprint density at radius 3 is 2.51 bits per heavy atom. The van der Waals surface area contributed by atoms with Crippen molar-refractivity contribution in [2.45, 2.75) is 17.3 Å². The zero-order valence-corrected chi connectivity index (χ0v) is 20.2. The molecule has 184 valence electrons. The number of thiazole rings is 1. The molecule has 0 bridgehead atoms. The Kier molecular flexibility index (Phi) is 6.39. The van der Waals surface area contributed by atoms with Gasteiger partial charge in [-0.05, 0) is 25.1 Å². The van der Waals surface area contributed by atoms with Gasteiger partial charge >= 0.3 is 12.3 Å². The summed E-state index contributed by atoms with van der Waals surface area (Å²) < 4.78 is 69.5. The molecule has 0 aliphatic heterocycles. The number of nitrogens with one attached hydrogen (secondary N) is 1. The number of hydrogen-bond donors (Lipinski definition) is 2. The number of halogens is 5. The minimum Gasteiger partial charge on any atom is -0.404 e. The van der Waals surface area contributed by atoms with Crippen LogP contribution in [0.3, 0.4) is 0 Å². The molecule has 1 amide bonds. The zero-order valence-electron chi connectivity index (χ0n) is 17.1. The van der Waals surface area contributed by atoms with Gasteiger partial charge in [0.25, 0.3) is 0 Å². The van der Waals surface area contributed by atoms with Crippen LogP contribution in [-0.4, -0.2) is 34.1 Å². The highest BCUT2D eigenvalue weighted by Gasteiger charge is 2.36. The number of anilines is 1. The summed E-state index contributed by atoms with van der Waals surface area (Å²) in [4.78, 5) is 20.4. The Morgan fingerprint density at radius 1 is 1.20 bits per heavy atom. The van der Waals surface area contributed by atoms with E-state index in [4.69, 9.17) is 33.1 Å². The van der Waals surface area contributed by atoms with Crippen LogP contribution in [0.5, 0.6) is 5.75 Å². The van der Waals surface area contributed by atoms with Crippen molar-refractivity contribution < 1.29 is 31.1 Å². The third-order valence-electron chi connectivity index (χ3n) is 4.37. The van der Waals surface area contributed by atoms with Crippen LogP contribution in [0, 0.1) is 6.92 Å². The van der Waals surface area contributed by atoms with E-state index in [0.29, 0.717) is 15.9 Å². The van der Waals surface area contributed by atoms with Crippen LogP contribution >= 0.6 is 34.5 Å². The molecule has 1 aromatic carbocycles. The van der Waals surface area contributed by atoms with E-state index in [0.717, 1.165) is 12.3 Å². The molecule has 4 aromatic rings. The average molecular weight is 567 g/mol. The molecule has 35 heavy (non-hydrogen) atoms. The molecule has 3 heterocycles. The van der Waals surface area contributed by atoms with Gasteiger partial charge in [-0.1, -0.05) is 40.6 Å². The van der Waals surface area contributed by atoms with Gasteiger partial charge < -0.3 is 4.74 Å². The number of ether oxygens (including phenoxy) is 1. The quantitative estimate of drug-likeness (QED) is 0.363. The van der Waals surface area contributed by atoms with Gasteiger partial charge in [0, 0.05) is 5.56 Å². The number of carbonyl (C=O) groups is 1. The molecule has 10 nitrogen and oxygen atoms in total. The summed E-state index contributed by atoms with van der Waals surface area (Å²) in [6.07, 6.45) is -5.14. The molecule has 0 atom stereocenters. The fourth-order valence-electron chi connectivity index (χ4n) is 2.93. The van der Waals surface area contributed by atoms with Gasteiger partial charge in [0.2, 0.25) is 10.0 Å². The summed E-state index contributed by atoms with van der Waals surface area (Å²) in [5.74, 6) is -0.408. The minimum absolute atomic E-state index is 0.0477. The lowest BCUT2D eigenvalue weighted by atomic mass is 10.1. The second-order valence-corrected chi connectivity index (χ2v) is 10.4. The van der Waals surface area contributed by atoms with Crippen LogP contribution in [0.4, 0.5) is 23.1 Å². The van der Waals surface area contributed by atoms with E-state index >= 15 is 0 Å². The molecular formula is C18H11Cl2F3N6O4S2. The monoisotopic (exact) mass is 566 g/mol. The molecule has 0 radical (unpaired) electrons. The molecule has 0 aliphatic rings. The van der Waals surface area contributed by atoms with Crippen molar-refractivity contribution >= 4 is 61.4 Å². The highest BCUT2D eigenvalue weighted by molar-refractivity contribution is 7.91. The van der Waals surface area contributed by atoms with Crippen LogP contribution in [0.2, 0.25) is 10.0 Å². The van der Waals surface area contributed by atoms with Crippen molar-refractivity contribution in [2.24, 2.45) is 5.14 Å². The third kappa shape index (κ3) is 5.18. The Labute approximate surface area is 208 Å². The van der Waals surface area contributed by atoms with Crippen molar-refractivity contribution in [3.8, 4) is 17.0 Å². The predicted octanol–water partition coefficient (Wildman–Crippen LogP) is 4.75. The topological polar surface area (TPSA) is 142 Å². The summed E-state index contributed by atoms with van der Waals surface area (Å²) >= 11 is 12.4. The molecule has 3 aromatic heterocycles. The van der Waals surface area contributed by atoms with Gasteiger partial charge in [-0.3, -0.25) is 5.32 Å². The van der Waals surface area contributed by atoms with Crippen molar-refractivity contribution in [1.29, 1.82) is 0 Å². The van der Waals surface area contributed by atoms with Crippen molar-refractivity contribution in [1.82, 2.24) is 19.6 Å². The van der Waals surface area contributed by atoms with Gasteiger partial charge in [-0.25, -0.2) is 32.8 Å². The summed E-state index contributed by atoms with van der Waals surface area (Å²) in [6, 6.07) is 4.91. The van der Waals surface area contributed by atoms with E-state index in [1.807, 2.05) is 0 Å². The number of hydrogen-bond acceptors (Lipinski definition) is 8.